The van der Waals surface area contributed by atoms with Crippen molar-refractivity contribution in [1.82, 2.24) is 10.6 Å². The minimum atomic E-state index is -0.871. The summed E-state index contributed by atoms with van der Waals surface area (Å²) < 4.78 is 5.52. The molecular weight excluding hydrogens is 420 g/mol. The first-order chi connectivity index (χ1) is 15.9. The molecule has 1 unspecified atom stereocenters. The molecule has 4 rings (SSSR count). The second-order valence-corrected chi connectivity index (χ2v) is 9.01. The number of benzene rings is 2. The zero-order valence-corrected chi connectivity index (χ0v) is 18.8. The Kier molecular flexibility index (Phi) is 6.96. The van der Waals surface area contributed by atoms with Gasteiger partial charge in [-0.05, 0) is 47.9 Å². The van der Waals surface area contributed by atoms with Crippen LogP contribution in [0.3, 0.4) is 0 Å². The first kappa shape index (κ1) is 22.8. The number of aliphatic carboxylic acids is 1. The Morgan fingerprint density at radius 1 is 1.03 bits per heavy atom. The lowest BCUT2D eigenvalue weighted by molar-refractivity contribution is -0.144. The van der Waals surface area contributed by atoms with E-state index >= 15 is 0 Å². The third kappa shape index (κ3) is 5.18. The van der Waals surface area contributed by atoms with E-state index in [1.807, 2.05) is 24.3 Å². The number of rotatable bonds is 9. The number of carboxylic acid groups (broad SMARTS) is 1. The van der Waals surface area contributed by atoms with E-state index in [-0.39, 0.29) is 37.3 Å². The quantitative estimate of drug-likeness (QED) is 0.537. The van der Waals surface area contributed by atoms with Gasteiger partial charge in [0.05, 0.1) is 5.92 Å². The van der Waals surface area contributed by atoms with Crippen molar-refractivity contribution < 1.29 is 24.2 Å². The van der Waals surface area contributed by atoms with E-state index < -0.39 is 24.0 Å². The molecule has 0 saturated heterocycles. The minimum absolute atomic E-state index is 0.0267. The molecule has 2 aromatic rings. The summed E-state index contributed by atoms with van der Waals surface area (Å²) in [5.74, 6) is -1.59. The Bertz CT molecular complexity index is 987. The second kappa shape index (κ2) is 10.1. The third-order valence-corrected chi connectivity index (χ3v) is 6.75. The van der Waals surface area contributed by atoms with Crippen LogP contribution in [0.5, 0.6) is 0 Å². The summed E-state index contributed by atoms with van der Waals surface area (Å²) in [4.78, 5) is 36.0. The standard InChI is InChI=1S/C26H30N2O5/c1-16(13-24(29)27-14-22(25(30)31)17-7-6-8-17)28-26(32)33-15-23-20-11-4-2-9-18(20)19-10-3-5-12-21(19)23/h2-5,9-12,16-17,22-23H,6-8,13-15H2,1H3,(H,27,29)(H,28,32)(H,30,31)/t16-,22?/m1/s1. The zero-order chi connectivity index (χ0) is 23.4. The highest BCUT2D eigenvalue weighted by Crippen LogP contribution is 2.44. The van der Waals surface area contributed by atoms with Crippen LogP contribution in [0.25, 0.3) is 11.1 Å². The number of ether oxygens (including phenoxy) is 1. The Morgan fingerprint density at radius 2 is 1.64 bits per heavy atom. The number of fused-ring (bicyclic) bond motifs is 3. The van der Waals surface area contributed by atoms with Gasteiger partial charge in [0.1, 0.15) is 6.61 Å². The number of carbonyl (C=O) groups is 3. The maximum absolute atomic E-state index is 12.4. The normalized spacial score (nSPS) is 16.6. The number of hydrogen-bond acceptors (Lipinski definition) is 4. The highest BCUT2D eigenvalue weighted by Gasteiger charge is 2.33. The Labute approximate surface area is 193 Å². The average Bonchev–Trinajstić information content (AvgIpc) is 3.07. The third-order valence-electron chi connectivity index (χ3n) is 6.75. The smallest absolute Gasteiger partial charge is 0.407 e. The molecule has 0 bridgehead atoms. The van der Waals surface area contributed by atoms with Gasteiger partial charge in [0, 0.05) is 24.9 Å². The first-order valence-corrected chi connectivity index (χ1v) is 11.5. The molecule has 1 saturated carbocycles. The molecule has 33 heavy (non-hydrogen) atoms. The van der Waals surface area contributed by atoms with E-state index in [9.17, 15) is 19.5 Å². The lowest BCUT2D eigenvalue weighted by Crippen LogP contribution is -2.42. The Hall–Kier alpha value is -3.35. The molecule has 0 spiro atoms. The van der Waals surface area contributed by atoms with Crippen molar-refractivity contribution in [3.63, 3.8) is 0 Å². The fraction of sp³-hybridized carbons (Fsp3) is 0.423. The number of carboxylic acids is 1. The van der Waals surface area contributed by atoms with Gasteiger partial charge in [0.2, 0.25) is 5.91 Å². The van der Waals surface area contributed by atoms with Crippen molar-refractivity contribution in [1.29, 1.82) is 0 Å². The Morgan fingerprint density at radius 3 is 2.18 bits per heavy atom. The number of alkyl carbamates (subject to hydrolysis) is 1. The van der Waals surface area contributed by atoms with Crippen molar-refractivity contribution in [2.24, 2.45) is 11.8 Å². The van der Waals surface area contributed by atoms with Gasteiger partial charge in [-0.1, -0.05) is 55.0 Å². The van der Waals surface area contributed by atoms with Gasteiger partial charge in [-0.15, -0.1) is 0 Å². The maximum Gasteiger partial charge on any atom is 0.407 e. The number of amides is 2. The van der Waals surface area contributed by atoms with Crippen LogP contribution in [0.4, 0.5) is 4.79 Å². The van der Waals surface area contributed by atoms with Gasteiger partial charge in [0.15, 0.2) is 0 Å². The fourth-order valence-electron chi connectivity index (χ4n) is 4.76. The summed E-state index contributed by atoms with van der Waals surface area (Å²) in [5.41, 5.74) is 4.60. The van der Waals surface area contributed by atoms with Crippen molar-refractivity contribution in [2.45, 2.75) is 44.6 Å². The summed E-state index contributed by atoms with van der Waals surface area (Å²) in [6, 6.07) is 15.8. The van der Waals surface area contributed by atoms with Gasteiger partial charge in [-0.25, -0.2) is 4.79 Å². The summed E-state index contributed by atoms with van der Waals surface area (Å²) in [6.45, 7) is 2.05. The number of carbonyl (C=O) groups excluding carboxylic acids is 2. The van der Waals surface area contributed by atoms with Crippen LogP contribution >= 0.6 is 0 Å². The average molecular weight is 451 g/mol. The predicted molar refractivity (Wildman–Crippen MR) is 124 cm³/mol. The molecule has 0 aromatic heterocycles. The van der Waals surface area contributed by atoms with E-state index in [0.29, 0.717) is 0 Å². The van der Waals surface area contributed by atoms with E-state index in [0.717, 1.165) is 41.5 Å². The van der Waals surface area contributed by atoms with Gasteiger partial charge in [-0.2, -0.15) is 0 Å². The van der Waals surface area contributed by atoms with Crippen LogP contribution in [-0.2, 0) is 14.3 Å². The van der Waals surface area contributed by atoms with E-state index in [1.165, 1.54) is 0 Å². The molecule has 2 aliphatic rings. The summed E-state index contributed by atoms with van der Waals surface area (Å²) in [5, 5.41) is 14.8. The largest absolute Gasteiger partial charge is 0.481 e. The minimum Gasteiger partial charge on any atom is -0.481 e. The fourth-order valence-corrected chi connectivity index (χ4v) is 4.76. The summed E-state index contributed by atoms with van der Waals surface area (Å²) >= 11 is 0. The molecule has 2 atom stereocenters. The highest BCUT2D eigenvalue weighted by atomic mass is 16.5. The van der Waals surface area contributed by atoms with E-state index in [1.54, 1.807) is 6.92 Å². The maximum atomic E-state index is 12.4. The van der Waals surface area contributed by atoms with Crippen molar-refractivity contribution >= 4 is 18.0 Å². The lowest BCUT2D eigenvalue weighted by atomic mass is 9.76. The molecule has 2 aliphatic carbocycles. The molecule has 0 aliphatic heterocycles. The lowest BCUT2D eigenvalue weighted by Gasteiger charge is -2.31. The van der Waals surface area contributed by atoms with Gasteiger partial charge < -0.3 is 20.5 Å². The molecule has 174 valence electrons. The van der Waals surface area contributed by atoms with Crippen LogP contribution < -0.4 is 10.6 Å². The first-order valence-electron chi connectivity index (χ1n) is 11.5. The van der Waals surface area contributed by atoms with Gasteiger partial charge in [0.25, 0.3) is 0 Å². The summed E-state index contributed by atoms with van der Waals surface area (Å²) in [7, 11) is 0. The van der Waals surface area contributed by atoms with Crippen LogP contribution in [0, 0.1) is 11.8 Å². The van der Waals surface area contributed by atoms with Crippen molar-refractivity contribution in [2.75, 3.05) is 13.2 Å². The van der Waals surface area contributed by atoms with Crippen LogP contribution in [0.1, 0.15) is 49.7 Å². The van der Waals surface area contributed by atoms with Crippen molar-refractivity contribution in [3.05, 3.63) is 59.7 Å². The molecular formula is C26H30N2O5. The van der Waals surface area contributed by atoms with E-state index in [4.69, 9.17) is 4.74 Å². The molecule has 2 aromatic carbocycles. The Balaban J connectivity index is 1.24. The molecule has 2 amide bonds. The molecule has 7 heteroatoms. The molecule has 0 heterocycles. The molecule has 7 nitrogen and oxygen atoms in total. The van der Waals surface area contributed by atoms with E-state index in [2.05, 4.69) is 34.9 Å². The monoisotopic (exact) mass is 450 g/mol. The topological polar surface area (TPSA) is 105 Å². The summed E-state index contributed by atoms with van der Waals surface area (Å²) in [6.07, 6.45) is 2.32. The SMILES string of the molecule is C[C@H](CC(=O)NCC(C(=O)O)C1CCC1)NC(=O)OCC1c2ccccc2-c2ccccc21. The zero-order valence-electron chi connectivity index (χ0n) is 18.8. The number of nitrogens with one attached hydrogen (secondary N) is 2. The van der Waals surface area contributed by atoms with Crippen LogP contribution in [0.15, 0.2) is 48.5 Å². The van der Waals surface area contributed by atoms with Crippen molar-refractivity contribution in [3.8, 4) is 11.1 Å². The second-order valence-electron chi connectivity index (χ2n) is 9.01. The van der Waals surface area contributed by atoms with Crippen LogP contribution in [-0.4, -0.2) is 42.3 Å². The van der Waals surface area contributed by atoms with Crippen LogP contribution in [0.2, 0.25) is 0 Å². The molecule has 3 N–H and O–H groups in total. The predicted octanol–water partition coefficient (Wildman–Crippen LogP) is 3.92. The molecule has 0 radical (unpaired) electrons. The molecule has 1 fully saturated rings. The van der Waals surface area contributed by atoms with Gasteiger partial charge >= 0.3 is 12.1 Å². The highest BCUT2D eigenvalue weighted by molar-refractivity contribution is 5.80. The number of hydrogen-bond donors (Lipinski definition) is 3. The van der Waals surface area contributed by atoms with Gasteiger partial charge in [-0.3, -0.25) is 9.59 Å².